The van der Waals surface area contributed by atoms with Crippen LogP contribution in [0.3, 0.4) is 0 Å². The molecule has 0 aliphatic carbocycles. The molecule has 0 radical (unpaired) electrons. The maximum Gasteiger partial charge on any atom is 0.269 e. The number of carbonyl (C=O) groups is 2. The average molecular weight is 445 g/mol. The molecule has 33 heavy (non-hydrogen) atoms. The van der Waals surface area contributed by atoms with Crippen LogP contribution in [0.4, 0.5) is 17.1 Å². The van der Waals surface area contributed by atoms with Gasteiger partial charge in [-0.3, -0.25) is 24.5 Å². The number of hydrogen-bond acceptors (Lipinski definition) is 7. The van der Waals surface area contributed by atoms with Crippen LogP contribution in [0.25, 0.3) is 0 Å². The zero-order valence-electron chi connectivity index (χ0n) is 17.5. The molecule has 5 rings (SSSR count). The first-order valence-electron chi connectivity index (χ1n) is 10.3. The number of nitrogens with zero attached hydrogens (tertiary/aromatic N) is 3. The van der Waals surface area contributed by atoms with Gasteiger partial charge in [-0.05, 0) is 29.8 Å². The lowest BCUT2D eigenvalue weighted by molar-refractivity contribution is -0.384. The fraction of sp³-hybridized carbons (Fsp3) is 0.167. The summed E-state index contributed by atoms with van der Waals surface area (Å²) in [5, 5.41) is 12.7. The smallest absolute Gasteiger partial charge is 0.269 e. The number of anilines is 2. The summed E-state index contributed by atoms with van der Waals surface area (Å²) in [6.07, 6.45) is -1.04. The van der Waals surface area contributed by atoms with Crippen molar-refractivity contribution in [1.29, 1.82) is 0 Å². The molecule has 3 unspecified atom stereocenters. The van der Waals surface area contributed by atoms with Crippen molar-refractivity contribution in [2.24, 2.45) is 5.92 Å². The van der Waals surface area contributed by atoms with Crippen molar-refractivity contribution >= 4 is 28.9 Å². The quantitative estimate of drug-likeness (QED) is 0.336. The fourth-order valence-corrected chi connectivity index (χ4v) is 4.40. The van der Waals surface area contributed by atoms with Crippen LogP contribution in [0.5, 0.6) is 5.75 Å². The van der Waals surface area contributed by atoms with E-state index < -0.39 is 34.8 Å². The van der Waals surface area contributed by atoms with Gasteiger partial charge in [0.25, 0.3) is 11.6 Å². The number of imide groups is 1. The average Bonchev–Trinajstić information content (AvgIpc) is 3.35. The maximum atomic E-state index is 13.6. The van der Waals surface area contributed by atoms with E-state index in [1.54, 1.807) is 41.5 Å². The molecule has 3 atom stereocenters. The van der Waals surface area contributed by atoms with Crippen LogP contribution < -0.4 is 14.7 Å². The van der Waals surface area contributed by atoms with Crippen LogP contribution in [-0.2, 0) is 14.4 Å². The number of methoxy groups -OCH3 is 1. The van der Waals surface area contributed by atoms with E-state index in [0.29, 0.717) is 22.7 Å². The molecule has 0 aromatic heterocycles. The Hall–Kier alpha value is -4.24. The zero-order valence-corrected chi connectivity index (χ0v) is 17.5. The van der Waals surface area contributed by atoms with E-state index in [-0.39, 0.29) is 5.69 Å². The highest BCUT2D eigenvalue weighted by Gasteiger charge is 2.60. The number of hydroxylamine groups is 1. The van der Waals surface area contributed by atoms with Gasteiger partial charge in [-0.15, -0.1) is 0 Å². The van der Waals surface area contributed by atoms with Gasteiger partial charge >= 0.3 is 0 Å². The Morgan fingerprint density at radius 1 is 0.909 bits per heavy atom. The standard InChI is InChI=1S/C24H19N3O6/c1-32-19-10-6-5-9-18(19)25-23(28)20-21(15-11-13-17(14-12-15)27(30)31)26(33-22(20)24(25)29)16-7-3-2-4-8-16/h2-14,20-22H,1H3. The SMILES string of the molecule is COc1ccccc1N1C(=O)C2ON(c3ccccc3)C(c3ccc([N+](=O)[O-])cc3)C2C1=O. The van der Waals surface area contributed by atoms with E-state index in [1.165, 1.54) is 19.2 Å². The Morgan fingerprint density at radius 3 is 2.24 bits per heavy atom. The van der Waals surface area contributed by atoms with E-state index >= 15 is 0 Å². The third-order valence-electron chi connectivity index (χ3n) is 5.90. The van der Waals surface area contributed by atoms with Crippen molar-refractivity contribution in [3.8, 4) is 5.75 Å². The predicted molar refractivity (Wildman–Crippen MR) is 119 cm³/mol. The molecule has 3 aromatic carbocycles. The largest absolute Gasteiger partial charge is 0.495 e. The van der Waals surface area contributed by atoms with Crippen LogP contribution in [-0.4, -0.2) is 30.0 Å². The minimum absolute atomic E-state index is 0.0649. The Bertz CT molecular complexity index is 1230. The van der Waals surface area contributed by atoms with Gasteiger partial charge in [0, 0.05) is 12.1 Å². The first kappa shape index (κ1) is 20.7. The highest BCUT2D eigenvalue weighted by molar-refractivity contribution is 6.24. The van der Waals surface area contributed by atoms with Gasteiger partial charge in [0.15, 0.2) is 6.10 Å². The number of nitro benzene ring substituents is 1. The highest BCUT2D eigenvalue weighted by atomic mass is 16.7. The summed E-state index contributed by atoms with van der Waals surface area (Å²) < 4.78 is 5.35. The number of nitro groups is 1. The molecular formula is C24H19N3O6. The van der Waals surface area contributed by atoms with Gasteiger partial charge in [0.2, 0.25) is 5.91 Å². The summed E-state index contributed by atoms with van der Waals surface area (Å²) >= 11 is 0. The van der Waals surface area contributed by atoms with E-state index in [9.17, 15) is 19.7 Å². The van der Waals surface area contributed by atoms with Crippen LogP contribution in [0.1, 0.15) is 11.6 Å². The van der Waals surface area contributed by atoms with Gasteiger partial charge in [-0.25, -0.2) is 9.96 Å². The third kappa shape index (κ3) is 3.30. The van der Waals surface area contributed by atoms with Gasteiger partial charge in [-0.2, -0.15) is 0 Å². The Morgan fingerprint density at radius 2 is 1.58 bits per heavy atom. The van der Waals surface area contributed by atoms with Crippen LogP contribution in [0.15, 0.2) is 78.9 Å². The molecule has 2 aliphatic rings. The third-order valence-corrected chi connectivity index (χ3v) is 5.90. The maximum absolute atomic E-state index is 13.6. The van der Waals surface area contributed by atoms with E-state index in [0.717, 1.165) is 4.90 Å². The zero-order chi connectivity index (χ0) is 23.1. The molecule has 3 aromatic rings. The Labute approximate surface area is 188 Å². The minimum atomic E-state index is -1.04. The monoisotopic (exact) mass is 445 g/mol. The number of hydrogen-bond donors (Lipinski definition) is 0. The molecule has 2 amide bonds. The van der Waals surface area contributed by atoms with Crippen molar-refractivity contribution in [2.75, 3.05) is 17.1 Å². The summed E-state index contributed by atoms with van der Waals surface area (Å²) in [7, 11) is 1.47. The van der Waals surface area contributed by atoms with Crippen molar-refractivity contribution in [3.63, 3.8) is 0 Å². The summed E-state index contributed by atoms with van der Waals surface area (Å²) in [5.41, 5.74) is 1.58. The second-order valence-corrected chi connectivity index (χ2v) is 7.69. The second kappa shape index (κ2) is 8.03. The number of non-ortho nitro benzene ring substituents is 1. The lowest BCUT2D eigenvalue weighted by atomic mass is 9.90. The van der Waals surface area contributed by atoms with Crippen LogP contribution in [0, 0.1) is 16.0 Å². The first-order chi connectivity index (χ1) is 16.0. The van der Waals surface area contributed by atoms with Crippen molar-refractivity contribution < 1.29 is 24.1 Å². The molecule has 2 fully saturated rings. The summed E-state index contributed by atoms with van der Waals surface area (Å²) in [6.45, 7) is 0. The lowest BCUT2D eigenvalue weighted by Crippen LogP contribution is -2.37. The van der Waals surface area contributed by atoms with E-state index in [1.807, 2.05) is 30.3 Å². The van der Waals surface area contributed by atoms with Crippen molar-refractivity contribution in [1.82, 2.24) is 0 Å². The number of fused-ring (bicyclic) bond motifs is 1. The molecule has 2 saturated heterocycles. The number of rotatable bonds is 5. The molecule has 9 heteroatoms. The predicted octanol–water partition coefficient (Wildman–Crippen LogP) is 3.65. The summed E-state index contributed by atoms with van der Waals surface area (Å²) in [5.74, 6) is -1.36. The molecule has 0 N–H and O–H groups in total. The Kier molecular flexibility index (Phi) is 5.02. The molecule has 0 bridgehead atoms. The number of carbonyl (C=O) groups excluding carboxylic acids is 2. The fourth-order valence-electron chi connectivity index (χ4n) is 4.40. The van der Waals surface area contributed by atoms with Gasteiger partial charge in [0.1, 0.15) is 11.7 Å². The van der Waals surface area contributed by atoms with Crippen LogP contribution in [0.2, 0.25) is 0 Å². The summed E-state index contributed by atoms with van der Waals surface area (Å²) in [4.78, 5) is 44.8. The van der Waals surface area contributed by atoms with Crippen molar-refractivity contribution in [2.45, 2.75) is 12.1 Å². The topological polar surface area (TPSA) is 102 Å². The lowest BCUT2D eigenvalue weighted by Gasteiger charge is -2.29. The molecule has 166 valence electrons. The highest BCUT2D eigenvalue weighted by Crippen LogP contribution is 2.48. The van der Waals surface area contributed by atoms with Crippen LogP contribution >= 0.6 is 0 Å². The minimum Gasteiger partial charge on any atom is -0.495 e. The van der Waals surface area contributed by atoms with Gasteiger partial charge < -0.3 is 4.74 Å². The molecule has 0 saturated carbocycles. The van der Waals surface area contributed by atoms with E-state index in [4.69, 9.17) is 9.57 Å². The molecular weight excluding hydrogens is 426 g/mol. The number of amides is 2. The number of ether oxygens (including phenoxy) is 1. The van der Waals surface area contributed by atoms with Crippen molar-refractivity contribution in [3.05, 3.63) is 94.5 Å². The molecule has 2 aliphatic heterocycles. The second-order valence-electron chi connectivity index (χ2n) is 7.69. The first-order valence-corrected chi connectivity index (χ1v) is 10.3. The number of benzene rings is 3. The van der Waals surface area contributed by atoms with Gasteiger partial charge in [0.05, 0.1) is 29.4 Å². The van der Waals surface area contributed by atoms with E-state index in [2.05, 4.69) is 0 Å². The number of para-hydroxylation sites is 3. The Balaban J connectivity index is 1.59. The summed E-state index contributed by atoms with van der Waals surface area (Å²) in [6, 6.07) is 21.2. The molecule has 0 spiro atoms. The normalized spacial score (nSPS) is 21.9. The molecule has 2 heterocycles. The van der Waals surface area contributed by atoms with Gasteiger partial charge in [-0.1, -0.05) is 42.5 Å². The molecule has 9 nitrogen and oxygen atoms in total.